The van der Waals surface area contributed by atoms with Gasteiger partial charge in [0.1, 0.15) is 22.4 Å². The van der Waals surface area contributed by atoms with E-state index in [9.17, 15) is 22.4 Å². The Balaban J connectivity index is 1.45. The van der Waals surface area contributed by atoms with Crippen LogP contribution in [0.25, 0.3) is 10.2 Å². The number of unbranched alkanes of at least 4 members (excludes halogenated alkanes) is 1. The van der Waals surface area contributed by atoms with Crippen molar-refractivity contribution in [3.8, 4) is 0 Å². The average molecular weight is 543 g/mol. The highest BCUT2D eigenvalue weighted by Gasteiger charge is 2.23. The number of thiophene rings is 1. The Labute approximate surface area is 212 Å². The number of aromatic amines is 1. The summed E-state index contributed by atoms with van der Waals surface area (Å²) in [5.41, 5.74) is 1.28. The molecule has 0 radical (unpaired) electrons. The summed E-state index contributed by atoms with van der Waals surface area (Å²) in [5.74, 6) is -1.07. The molecule has 0 fully saturated rings. The molecule has 0 unspecified atom stereocenters. The van der Waals surface area contributed by atoms with Crippen LogP contribution in [-0.2, 0) is 14.8 Å². The van der Waals surface area contributed by atoms with Crippen LogP contribution in [0.3, 0.4) is 0 Å². The Morgan fingerprint density at radius 1 is 1.14 bits per heavy atom. The van der Waals surface area contributed by atoms with Crippen LogP contribution >= 0.6 is 22.9 Å². The fourth-order valence-corrected chi connectivity index (χ4v) is 5.86. The number of benzene rings is 1. The van der Waals surface area contributed by atoms with Crippen LogP contribution < -0.4 is 15.4 Å². The van der Waals surface area contributed by atoms with Crippen molar-refractivity contribution in [1.29, 1.82) is 0 Å². The molecule has 0 aliphatic rings. The predicted octanol–water partition coefficient (Wildman–Crippen LogP) is 4.04. The van der Waals surface area contributed by atoms with Crippen LogP contribution in [0, 0.1) is 11.7 Å². The van der Waals surface area contributed by atoms with Gasteiger partial charge in [0, 0.05) is 13.1 Å². The molecule has 8 nitrogen and oxygen atoms in total. The average Bonchev–Trinajstić information content (AvgIpc) is 3.37. The predicted molar refractivity (Wildman–Crippen MR) is 136 cm³/mol. The zero-order valence-electron chi connectivity index (χ0n) is 19.4. The summed E-state index contributed by atoms with van der Waals surface area (Å²) in [6.07, 6.45) is 1.45. The lowest BCUT2D eigenvalue weighted by molar-refractivity contribution is -0.123. The van der Waals surface area contributed by atoms with Gasteiger partial charge in [-0.05, 0) is 60.9 Å². The molecule has 4 N–H and O–H groups in total. The van der Waals surface area contributed by atoms with Crippen LogP contribution in [0.1, 0.15) is 43.6 Å². The number of rotatable bonds is 12. The largest absolute Gasteiger partial charge is 0.354 e. The molecule has 190 valence electrons. The molecule has 2 aromatic heterocycles. The van der Waals surface area contributed by atoms with Gasteiger partial charge in [-0.3, -0.25) is 9.59 Å². The van der Waals surface area contributed by atoms with Gasteiger partial charge < -0.3 is 15.6 Å². The molecule has 0 saturated carbocycles. The number of aromatic nitrogens is 1. The van der Waals surface area contributed by atoms with Crippen molar-refractivity contribution in [2.75, 3.05) is 13.1 Å². The van der Waals surface area contributed by atoms with Crippen molar-refractivity contribution < 1.29 is 22.4 Å². The Morgan fingerprint density at radius 2 is 1.89 bits per heavy atom. The van der Waals surface area contributed by atoms with E-state index in [1.54, 1.807) is 6.07 Å². The minimum Gasteiger partial charge on any atom is -0.354 e. The third-order valence-electron chi connectivity index (χ3n) is 5.19. The number of H-pyrrole nitrogens is 1. The second kappa shape index (κ2) is 12.0. The Morgan fingerprint density at radius 3 is 2.57 bits per heavy atom. The lowest BCUT2D eigenvalue weighted by Gasteiger charge is -2.20. The van der Waals surface area contributed by atoms with E-state index < -0.39 is 21.9 Å². The van der Waals surface area contributed by atoms with E-state index in [2.05, 4.69) is 20.3 Å². The van der Waals surface area contributed by atoms with Crippen LogP contribution in [0.4, 0.5) is 4.39 Å². The van der Waals surface area contributed by atoms with Crippen molar-refractivity contribution in [2.24, 2.45) is 5.92 Å². The molecule has 1 atom stereocenters. The van der Waals surface area contributed by atoms with E-state index in [0.717, 1.165) is 28.4 Å². The van der Waals surface area contributed by atoms with Crippen LogP contribution in [-0.4, -0.2) is 44.3 Å². The minimum absolute atomic E-state index is 0.127. The smallest absolute Gasteiger partial charge is 0.268 e. The van der Waals surface area contributed by atoms with Crippen LogP contribution in [0.2, 0.25) is 5.02 Å². The number of sulfonamides is 1. The molecular weight excluding hydrogens is 515 g/mol. The summed E-state index contributed by atoms with van der Waals surface area (Å²) in [7, 11) is -3.87. The summed E-state index contributed by atoms with van der Waals surface area (Å²) in [6, 6.07) is 6.05. The molecule has 12 heteroatoms. The van der Waals surface area contributed by atoms with Crippen molar-refractivity contribution in [1.82, 2.24) is 20.3 Å². The summed E-state index contributed by atoms with van der Waals surface area (Å²) in [6.45, 7) is 4.38. The molecule has 0 spiro atoms. The first-order valence-electron chi connectivity index (χ1n) is 11.2. The lowest BCUT2D eigenvalue weighted by atomic mass is 10.0. The highest BCUT2D eigenvalue weighted by molar-refractivity contribution is 7.89. The molecule has 0 aliphatic carbocycles. The molecule has 0 saturated heterocycles. The fourth-order valence-electron chi connectivity index (χ4n) is 3.47. The molecular formula is C23H28ClFN4O4S2. The first kappa shape index (κ1) is 27.1. The molecule has 2 heterocycles. The summed E-state index contributed by atoms with van der Waals surface area (Å²) < 4.78 is 41.2. The number of hydrogen-bond donors (Lipinski definition) is 4. The van der Waals surface area contributed by atoms with Gasteiger partial charge in [0.25, 0.3) is 5.91 Å². The minimum atomic E-state index is -3.87. The summed E-state index contributed by atoms with van der Waals surface area (Å²) >= 11 is 7.35. The van der Waals surface area contributed by atoms with Gasteiger partial charge in [-0.15, -0.1) is 11.3 Å². The standard InChI is InChI=1S/C23H28ClFN4O4S2/c1-14(2)11-18(29-23(31)19-13-20-17(28-19)7-10-34-20)22(30)26-8-3-4-9-27-35(32,33)21-6-5-15(25)12-16(21)24/h5-7,10,12-14,18,27-28H,3-4,8-9,11H2,1-2H3,(H,26,30)(H,29,31)/t18-/m1/s1. The van der Waals surface area contributed by atoms with Crippen molar-refractivity contribution in [3.63, 3.8) is 0 Å². The topological polar surface area (TPSA) is 120 Å². The molecule has 0 aliphatic heterocycles. The number of halogens is 2. The van der Waals surface area contributed by atoms with E-state index in [-0.39, 0.29) is 34.2 Å². The summed E-state index contributed by atoms with van der Waals surface area (Å²) in [4.78, 5) is 28.2. The van der Waals surface area contributed by atoms with Gasteiger partial charge in [-0.25, -0.2) is 17.5 Å². The van der Waals surface area contributed by atoms with E-state index in [4.69, 9.17) is 11.6 Å². The second-order valence-corrected chi connectivity index (χ2v) is 11.6. The number of hydrogen-bond acceptors (Lipinski definition) is 5. The maximum absolute atomic E-state index is 13.1. The van der Waals surface area contributed by atoms with Gasteiger partial charge in [-0.1, -0.05) is 25.4 Å². The number of amides is 2. The number of fused-ring (bicyclic) bond motifs is 1. The third kappa shape index (κ3) is 7.50. The van der Waals surface area contributed by atoms with Gasteiger partial charge >= 0.3 is 0 Å². The van der Waals surface area contributed by atoms with Gasteiger partial charge in [-0.2, -0.15) is 0 Å². The quantitative estimate of drug-likeness (QED) is 0.258. The van der Waals surface area contributed by atoms with Crippen molar-refractivity contribution in [3.05, 3.63) is 52.2 Å². The molecule has 35 heavy (non-hydrogen) atoms. The monoisotopic (exact) mass is 542 g/mol. The van der Waals surface area contributed by atoms with Crippen LogP contribution in [0.15, 0.2) is 40.6 Å². The highest BCUT2D eigenvalue weighted by Crippen LogP contribution is 2.22. The molecule has 3 aromatic rings. The Hall–Kier alpha value is -2.47. The maximum atomic E-state index is 13.1. The van der Waals surface area contributed by atoms with E-state index in [0.29, 0.717) is 31.5 Å². The zero-order chi connectivity index (χ0) is 25.6. The van der Waals surface area contributed by atoms with Crippen molar-refractivity contribution in [2.45, 2.75) is 44.0 Å². The number of carbonyl (C=O) groups excluding carboxylic acids is 2. The SMILES string of the molecule is CC(C)C[C@@H](NC(=O)c1cc2sccc2[nH]1)C(=O)NCCCCNS(=O)(=O)c1ccc(F)cc1Cl. The highest BCUT2D eigenvalue weighted by atomic mass is 35.5. The second-order valence-electron chi connectivity index (χ2n) is 8.51. The molecule has 1 aromatic carbocycles. The number of nitrogens with one attached hydrogen (secondary N) is 4. The van der Waals surface area contributed by atoms with Gasteiger partial charge in [0.05, 0.1) is 15.2 Å². The normalized spacial score (nSPS) is 12.7. The van der Waals surface area contributed by atoms with E-state index in [1.165, 1.54) is 11.3 Å². The Bertz CT molecular complexity index is 1260. The molecule has 0 bridgehead atoms. The number of carbonyl (C=O) groups is 2. The summed E-state index contributed by atoms with van der Waals surface area (Å²) in [5, 5.41) is 7.35. The maximum Gasteiger partial charge on any atom is 0.268 e. The first-order chi connectivity index (χ1) is 16.6. The van der Waals surface area contributed by atoms with Gasteiger partial charge in [0.15, 0.2) is 0 Å². The molecule has 3 rings (SSSR count). The lowest BCUT2D eigenvalue weighted by Crippen LogP contribution is -2.47. The molecule has 2 amide bonds. The third-order valence-corrected chi connectivity index (χ3v) is 8.00. The van der Waals surface area contributed by atoms with E-state index in [1.807, 2.05) is 25.3 Å². The van der Waals surface area contributed by atoms with Crippen molar-refractivity contribution >= 4 is 55.0 Å². The van der Waals surface area contributed by atoms with Crippen LogP contribution in [0.5, 0.6) is 0 Å². The first-order valence-corrected chi connectivity index (χ1v) is 13.9. The fraction of sp³-hybridized carbons (Fsp3) is 0.391. The van der Waals surface area contributed by atoms with E-state index >= 15 is 0 Å². The Kier molecular flexibility index (Phi) is 9.28. The zero-order valence-corrected chi connectivity index (χ0v) is 21.7. The van der Waals surface area contributed by atoms with Gasteiger partial charge in [0.2, 0.25) is 15.9 Å².